The number of carbonyl (C=O) groups excluding carboxylic acids is 1. The fourth-order valence-electron chi connectivity index (χ4n) is 3.70. The minimum atomic E-state index is -3.67. The number of nitrogens with one attached hydrogen (secondary N) is 1. The number of nitrogens with two attached hydrogens (primary N) is 1. The van der Waals surface area contributed by atoms with Crippen LogP contribution in [0.5, 0.6) is 0 Å². The van der Waals surface area contributed by atoms with E-state index in [0.29, 0.717) is 11.1 Å². The van der Waals surface area contributed by atoms with E-state index in [9.17, 15) is 17.6 Å². The lowest BCUT2D eigenvalue weighted by Crippen LogP contribution is -2.33. The molecule has 3 N–H and O–H groups in total. The number of nitrogens with zero attached hydrogens (tertiary/aromatic N) is 3. The standard InChI is InChI=1S/C23H28FN5O4S.C7H8/c1-13(2)34(31,32)29(5)20-11-17(10-18(12-20)23-28-27-22(33-23)14(3)25)21(30)26-15(4)16-6-8-19(24)9-7-16;1-7-5-3-2-4-6-7/h6-15H,25H2,1-5H3,(H,26,30);2-6H,1H3/t14-,15?;/m0./s1. The zero-order valence-electron chi connectivity index (χ0n) is 24.0. The van der Waals surface area contributed by atoms with Crippen LogP contribution in [0.15, 0.2) is 77.2 Å². The van der Waals surface area contributed by atoms with E-state index in [2.05, 4.69) is 34.6 Å². The van der Waals surface area contributed by atoms with Crippen molar-refractivity contribution in [2.75, 3.05) is 11.4 Å². The van der Waals surface area contributed by atoms with E-state index in [1.54, 1.807) is 45.9 Å². The van der Waals surface area contributed by atoms with E-state index in [-0.39, 0.29) is 28.8 Å². The van der Waals surface area contributed by atoms with Crippen molar-refractivity contribution in [2.24, 2.45) is 5.73 Å². The predicted octanol–water partition coefficient (Wildman–Crippen LogP) is 5.56. The average Bonchev–Trinajstić information content (AvgIpc) is 3.44. The second kappa shape index (κ2) is 13.5. The molecule has 3 aromatic carbocycles. The maximum atomic E-state index is 13.2. The first-order valence-electron chi connectivity index (χ1n) is 13.1. The summed E-state index contributed by atoms with van der Waals surface area (Å²) >= 11 is 0. The molecule has 2 atom stereocenters. The van der Waals surface area contributed by atoms with Gasteiger partial charge < -0.3 is 15.5 Å². The molecular formula is C30H36FN5O4S. The Kier molecular flexibility index (Phi) is 10.4. The molecule has 41 heavy (non-hydrogen) atoms. The van der Waals surface area contributed by atoms with Crippen molar-refractivity contribution >= 4 is 21.6 Å². The third-order valence-electron chi connectivity index (χ3n) is 6.26. The van der Waals surface area contributed by atoms with Gasteiger partial charge >= 0.3 is 0 Å². The number of aryl methyl sites for hydroxylation is 1. The molecule has 0 fully saturated rings. The third-order valence-corrected chi connectivity index (χ3v) is 8.42. The molecule has 0 saturated heterocycles. The fraction of sp³-hybridized carbons (Fsp3) is 0.300. The van der Waals surface area contributed by atoms with Crippen molar-refractivity contribution < 1.29 is 22.0 Å². The van der Waals surface area contributed by atoms with Gasteiger partial charge in [-0.05, 0) is 70.5 Å². The average molecular weight is 582 g/mol. The molecule has 0 aliphatic heterocycles. The molecule has 0 radical (unpaired) electrons. The van der Waals surface area contributed by atoms with Crippen LogP contribution in [0.3, 0.4) is 0 Å². The SMILES string of the molecule is CC(NC(=O)c1cc(-c2nnc([C@H](C)N)o2)cc(N(C)S(=O)(=O)C(C)C)c1)c1ccc(F)cc1.Cc1ccccc1. The van der Waals surface area contributed by atoms with E-state index < -0.39 is 33.3 Å². The van der Waals surface area contributed by atoms with Gasteiger partial charge in [0.2, 0.25) is 21.8 Å². The molecule has 0 aliphatic rings. The lowest BCUT2D eigenvalue weighted by atomic mass is 10.1. The second-order valence-corrected chi connectivity index (χ2v) is 12.5. The summed E-state index contributed by atoms with van der Waals surface area (Å²) in [5, 5.41) is 10.1. The molecule has 1 heterocycles. The lowest BCUT2D eigenvalue weighted by molar-refractivity contribution is 0.0940. The highest BCUT2D eigenvalue weighted by atomic mass is 32.2. The van der Waals surface area contributed by atoms with Gasteiger partial charge in [0, 0.05) is 18.2 Å². The van der Waals surface area contributed by atoms with Crippen LogP contribution in [-0.2, 0) is 10.0 Å². The Morgan fingerprint density at radius 2 is 1.61 bits per heavy atom. The molecule has 218 valence electrons. The zero-order chi connectivity index (χ0) is 30.3. The third kappa shape index (κ3) is 8.21. The van der Waals surface area contributed by atoms with Crippen LogP contribution in [0, 0.1) is 12.7 Å². The van der Waals surface area contributed by atoms with Crippen molar-refractivity contribution in [3.05, 3.63) is 101 Å². The second-order valence-electron chi connectivity index (χ2n) is 9.97. The summed E-state index contributed by atoms with van der Waals surface area (Å²) in [7, 11) is -2.26. The van der Waals surface area contributed by atoms with Gasteiger partial charge in [0.15, 0.2) is 0 Å². The Morgan fingerprint density at radius 1 is 0.976 bits per heavy atom. The van der Waals surface area contributed by atoms with E-state index in [1.165, 1.54) is 36.9 Å². The predicted molar refractivity (Wildman–Crippen MR) is 158 cm³/mol. The van der Waals surface area contributed by atoms with E-state index in [0.717, 1.165) is 4.31 Å². The number of hydrogen-bond acceptors (Lipinski definition) is 7. The zero-order valence-corrected chi connectivity index (χ0v) is 24.8. The molecule has 0 aliphatic carbocycles. The van der Waals surface area contributed by atoms with Crippen LogP contribution in [0.4, 0.5) is 10.1 Å². The van der Waals surface area contributed by atoms with Crippen molar-refractivity contribution in [1.82, 2.24) is 15.5 Å². The van der Waals surface area contributed by atoms with Gasteiger partial charge in [-0.2, -0.15) is 0 Å². The van der Waals surface area contributed by atoms with E-state index in [4.69, 9.17) is 10.2 Å². The molecule has 4 aromatic rings. The highest BCUT2D eigenvalue weighted by Gasteiger charge is 2.25. The quantitative estimate of drug-likeness (QED) is 0.279. The summed E-state index contributed by atoms with van der Waals surface area (Å²) in [5.41, 5.74) is 8.64. The molecule has 1 aromatic heterocycles. The summed E-state index contributed by atoms with van der Waals surface area (Å²) in [6.45, 7) is 8.67. The molecule has 0 spiro atoms. The van der Waals surface area contributed by atoms with Gasteiger partial charge in [-0.1, -0.05) is 48.0 Å². The van der Waals surface area contributed by atoms with Crippen molar-refractivity contribution in [1.29, 1.82) is 0 Å². The van der Waals surface area contributed by atoms with Crippen molar-refractivity contribution in [2.45, 2.75) is 52.0 Å². The van der Waals surface area contributed by atoms with Crippen LogP contribution in [0.2, 0.25) is 0 Å². The Hall–Kier alpha value is -4.09. The molecule has 0 saturated carbocycles. The number of amides is 1. The number of sulfonamides is 1. The highest BCUT2D eigenvalue weighted by Crippen LogP contribution is 2.29. The smallest absolute Gasteiger partial charge is 0.251 e. The van der Waals surface area contributed by atoms with Gasteiger partial charge in [-0.15, -0.1) is 10.2 Å². The van der Waals surface area contributed by atoms with Crippen LogP contribution in [0.1, 0.15) is 67.2 Å². The minimum absolute atomic E-state index is 0.102. The first-order chi connectivity index (χ1) is 19.3. The molecule has 11 heteroatoms. The number of halogens is 1. The summed E-state index contributed by atoms with van der Waals surface area (Å²) in [6.07, 6.45) is 0. The number of hydrogen-bond donors (Lipinski definition) is 2. The Balaban J connectivity index is 0.000000575. The molecular weight excluding hydrogens is 545 g/mol. The molecule has 1 unspecified atom stereocenters. The van der Waals surface area contributed by atoms with E-state index in [1.807, 2.05) is 18.2 Å². The van der Waals surface area contributed by atoms with Crippen LogP contribution < -0.4 is 15.4 Å². The van der Waals surface area contributed by atoms with E-state index >= 15 is 0 Å². The fourth-order valence-corrected chi connectivity index (χ4v) is 4.73. The Bertz CT molecular complexity index is 1560. The van der Waals surface area contributed by atoms with Crippen LogP contribution >= 0.6 is 0 Å². The number of carbonyl (C=O) groups is 1. The summed E-state index contributed by atoms with van der Waals surface area (Å²) in [5.74, 6) is -0.522. The van der Waals surface area contributed by atoms with Gasteiger partial charge in [0.25, 0.3) is 5.91 Å². The van der Waals surface area contributed by atoms with Crippen molar-refractivity contribution in [3.63, 3.8) is 0 Å². The first-order valence-corrected chi connectivity index (χ1v) is 14.6. The van der Waals surface area contributed by atoms with Crippen LogP contribution in [-0.4, -0.2) is 36.8 Å². The molecule has 1 amide bonds. The Labute approximate surface area is 240 Å². The largest absolute Gasteiger partial charge is 0.419 e. The highest BCUT2D eigenvalue weighted by molar-refractivity contribution is 7.93. The summed E-state index contributed by atoms with van der Waals surface area (Å²) < 4.78 is 45.5. The first kappa shape index (κ1) is 31.4. The topological polar surface area (TPSA) is 131 Å². The maximum Gasteiger partial charge on any atom is 0.251 e. The molecule has 0 bridgehead atoms. The lowest BCUT2D eigenvalue weighted by Gasteiger charge is -2.23. The van der Waals surface area contributed by atoms with Gasteiger partial charge in [0.05, 0.1) is 23.0 Å². The van der Waals surface area contributed by atoms with Gasteiger partial charge in [-0.25, -0.2) is 12.8 Å². The number of aromatic nitrogens is 2. The maximum absolute atomic E-state index is 13.2. The molecule has 9 nitrogen and oxygen atoms in total. The van der Waals surface area contributed by atoms with Gasteiger partial charge in [0.1, 0.15) is 5.82 Å². The molecule has 4 rings (SSSR count). The number of anilines is 1. The van der Waals surface area contributed by atoms with Crippen molar-refractivity contribution in [3.8, 4) is 11.5 Å². The van der Waals surface area contributed by atoms with Crippen LogP contribution in [0.25, 0.3) is 11.5 Å². The monoisotopic (exact) mass is 581 g/mol. The summed E-state index contributed by atoms with van der Waals surface area (Å²) in [6, 6.07) is 19.7. The minimum Gasteiger partial charge on any atom is -0.419 e. The summed E-state index contributed by atoms with van der Waals surface area (Å²) in [4.78, 5) is 13.1. The normalized spacial score (nSPS) is 12.7. The number of rotatable bonds is 8. The van der Waals surface area contributed by atoms with Gasteiger partial charge in [-0.3, -0.25) is 9.10 Å². The number of benzene rings is 3. The Morgan fingerprint density at radius 3 is 2.12 bits per heavy atom.